The second kappa shape index (κ2) is 9.92. The summed E-state index contributed by atoms with van der Waals surface area (Å²) < 4.78 is 13.5. The van der Waals surface area contributed by atoms with Crippen LogP contribution < -0.4 is 5.32 Å². The number of nitrogens with one attached hydrogen (secondary N) is 1. The fourth-order valence-corrected chi connectivity index (χ4v) is 5.08. The SMILES string of the molecule is C[C@H]1[C@H](C)CCC[C@@H]1NC(=O)[C@@H](c1ccc(F)cc1)N(C(=O)CCl)C1CCCC1. The fourth-order valence-electron chi connectivity index (χ4n) is 4.94. The molecule has 4 nitrogen and oxygen atoms in total. The van der Waals surface area contributed by atoms with E-state index in [2.05, 4.69) is 19.2 Å². The van der Waals surface area contributed by atoms with Crippen molar-refractivity contribution in [1.29, 1.82) is 0 Å². The lowest BCUT2D eigenvalue weighted by Gasteiger charge is -2.39. The highest BCUT2D eigenvalue weighted by atomic mass is 35.5. The van der Waals surface area contributed by atoms with Crippen LogP contribution in [0.15, 0.2) is 24.3 Å². The van der Waals surface area contributed by atoms with Crippen LogP contribution in [0.5, 0.6) is 0 Å². The van der Waals surface area contributed by atoms with Crippen LogP contribution >= 0.6 is 11.6 Å². The van der Waals surface area contributed by atoms with Gasteiger partial charge in [0.1, 0.15) is 17.7 Å². The fraction of sp³-hybridized carbons (Fsp3) is 0.652. The minimum absolute atomic E-state index is 0.00949. The first-order chi connectivity index (χ1) is 13.9. The molecule has 0 unspecified atom stereocenters. The molecule has 6 heteroatoms. The quantitative estimate of drug-likeness (QED) is 0.668. The van der Waals surface area contributed by atoms with E-state index >= 15 is 0 Å². The van der Waals surface area contributed by atoms with E-state index in [1.54, 1.807) is 17.0 Å². The first-order valence-electron chi connectivity index (χ1n) is 10.8. The van der Waals surface area contributed by atoms with Gasteiger partial charge in [-0.1, -0.05) is 51.7 Å². The van der Waals surface area contributed by atoms with Gasteiger partial charge in [-0.05, 0) is 48.8 Å². The van der Waals surface area contributed by atoms with Gasteiger partial charge in [0, 0.05) is 12.1 Å². The summed E-state index contributed by atoms with van der Waals surface area (Å²) in [6.07, 6.45) is 7.00. The number of amides is 2. The standard InChI is InChI=1S/C23H32ClFN2O2/c1-15-6-5-9-20(16(15)2)26-23(29)22(17-10-12-18(25)13-11-17)27(21(28)14-24)19-7-3-4-8-19/h10-13,15-16,19-20,22H,3-9,14H2,1-2H3,(H,26,29)/t15-,16+,20+,22-/m1/s1. The van der Waals surface area contributed by atoms with Crippen LogP contribution in [-0.4, -0.2) is 34.7 Å². The van der Waals surface area contributed by atoms with Crippen molar-refractivity contribution in [1.82, 2.24) is 10.2 Å². The smallest absolute Gasteiger partial charge is 0.247 e. The molecule has 2 aliphatic rings. The minimum Gasteiger partial charge on any atom is -0.351 e. The lowest BCUT2D eigenvalue weighted by atomic mass is 9.78. The van der Waals surface area contributed by atoms with E-state index in [4.69, 9.17) is 11.6 Å². The van der Waals surface area contributed by atoms with Crippen LogP contribution in [0, 0.1) is 17.7 Å². The first-order valence-corrected chi connectivity index (χ1v) is 11.4. The molecule has 0 radical (unpaired) electrons. The van der Waals surface area contributed by atoms with E-state index in [0.29, 0.717) is 17.4 Å². The monoisotopic (exact) mass is 422 g/mol. The van der Waals surface area contributed by atoms with Gasteiger partial charge in [-0.25, -0.2) is 4.39 Å². The Balaban J connectivity index is 1.91. The largest absolute Gasteiger partial charge is 0.351 e. The molecule has 0 spiro atoms. The summed E-state index contributed by atoms with van der Waals surface area (Å²) in [5.74, 6) is -0.0306. The van der Waals surface area contributed by atoms with E-state index in [9.17, 15) is 14.0 Å². The summed E-state index contributed by atoms with van der Waals surface area (Å²) in [5, 5.41) is 3.23. The van der Waals surface area contributed by atoms with Crippen LogP contribution in [0.1, 0.15) is 70.4 Å². The summed E-state index contributed by atoms with van der Waals surface area (Å²) in [7, 11) is 0. The molecule has 2 fully saturated rings. The Bertz CT molecular complexity index is 705. The van der Waals surface area contributed by atoms with E-state index in [-0.39, 0.29) is 35.6 Å². The number of halogens is 2. The van der Waals surface area contributed by atoms with Gasteiger partial charge in [-0.15, -0.1) is 11.6 Å². The van der Waals surface area contributed by atoms with Gasteiger partial charge < -0.3 is 10.2 Å². The van der Waals surface area contributed by atoms with E-state index in [1.807, 2.05) is 0 Å². The highest BCUT2D eigenvalue weighted by Gasteiger charge is 2.39. The molecule has 0 heterocycles. The zero-order chi connectivity index (χ0) is 21.0. The molecule has 1 aromatic carbocycles. The Kier molecular flexibility index (Phi) is 7.55. The average molecular weight is 423 g/mol. The minimum atomic E-state index is -0.783. The molecule has 29 heavy (non-hydrogen) atoms. The van der Waals surface area contributed by atoms with Crippen molar-refractivity contribution in [3.63, 3.8) is 0 Å². The molecular weight excluding hydrogens is 391 g/mol. The third-order valence-electron chi connectivity index (χ3n) is 6.87. The van der Waals surface area contributed by atoms with Crippen LogP contribution in [0.4, 0.5) is 4.39 Å². The van der Waals surface area contributed by atoms with Gasteiger partial charge >= 0.3 is 0 Å². The van der Waals surface area contributed by atoms with Gasteiger partial charge in [-0.3, -0.25) is 9.59 Å². The lowest BCUT2D eigenvalue weighted by molar-refractivity contribution is -0.142. The molecule has 1 N–H and O–H groups in total. The Hall–Kier alpha value is -1.62. The normalized spacial score (nSPS) is 26.1. The molecule has 2 saturated carbocycles. The maximum Gasteiger partial charge on any atom is 0.247 e. The zero-order valence-electron chi connectivity index (χ0n) is 17.4. The molecule has 2 aliphatic carbocycles. The lowest BCUT2D eigenvalue weighted by Crippen LogP contribution is -2.52. The molecular formula is C23H32ClFN2O2. The zero-order valence-corrected chi connectivity index (χ0v) is 18.1. The van der Waals surface area contributed by atoms with Crippen LogP contribution in [0.3, 0.4) is 0 Å². The van der Waals surface area contributed by atoms with Gasteiger partial charge in [-0.2, -0.15) is 0 Å². The Morgan fingerprint density at radius 2 is 1.76 bits per heavy atom. The predicted molar refractivity (Wildman–Crippen MR) is 113 cm³/mol. The highest BCUT2D eigenvalue weighted by Crippen LogP contribution is 2.34. The summed E-state index contributed by atoms with van der Waals surface area (Å²) >= 11 is 5.94. The van der Waals surface area contributed by atoms with Crippen LogP contribution in [-0.2, 0) is 9.59 Å². The third kappa shape index (κ3) is 5.11. The molecule has 160 valence electrons. The van der Waals surface area contributed by atoms with Gasteiger partial charge in [0.2, 0.25) is 11.8 Å². The number of benzene rings is 1. The molecule has 3 rings (SSSR count). The molecule has 2 amide bonds. The second-order valence-electron chi connectivity index (χ2n) is 8.71. The molecule has 0 bridgehead atoms. The van der Waals surface area contributed by atoms with Crippen molar-refractivity contribution < 1.29 is 14.0 Å². The van der Waals surface area contributed by atoms with Gasteiger partial charge in [0.15, 0.2) is 0 Å². The topological polar surface area (TPSA) is 49.4 Å². The number of carbonyl (C=O) groups is 2. The van der Waals surface area contributed by atoms with Gasteiger partial charge in [0.05, 0.1) is 0 Å². The molecule has 1 aromatic rings. The first kappa shape index (κ1) is 22.1. The Morgan fingerprint density at radius 3 is 2.38 bits per heavy atom. The van der Waals surface area contributed by atoms with Crippen molar-refractivity contribution in [3.8, 4) is 0 Å². The average Bonchev–Trinajstić information content (AvgIpc) is 3.24. The van der Waals surface area contributed by atoms with Gasteiger partial charge in [0.25, 0.3) is 0 Å². The molecule has 0 aliphatic heterocycles. The Morgan fingerprint density at radius 1 is 1.10 bits per heavy atom. The highest BCUT2D eigenvalue weighted by molar-refractivity contribution is 6.27. The van der Waals surface area contributed by atoms with Crippen LogP contribution in [0.25, 0.3) is 0 Å². The van der Waals surface area contributed by atoms with E-state index in [1.165, 1.54) is 18.6 Å². The van der Waals surface area contributed by atoms with Crippen molar-refractivity contribution >= 4 is 23.4 Å². The van der Waals surface area contributed by atoms with Crippen molar-refractivity contribution in [2.45, 2.75) is 76.9 Å². The number of nitrogens with zero attached hydrogens (tertiary/aromatic N) is 1. The third-order valence-corrected chi connectivity index (χ3v) is 7.10. The molecule has 4 atom stereocenters. The molecule has 0 saturated heterocycles. The summed E-state index contributed by atoms with van der Waals surface area (Å²) in [6, 6.07) is 5.20. The van der Waals surface area contributed by atoms with Crippen LogP contribution in [0.2, 0.25) is 0 Å². The van der Waals surface area contributed by atoms with E-state index in [0.717, 1.165) is 38.5 Å². The van der Waals surface area contributed by atoms with Crippen molar-refractivity contribution in [2.75, 3.05) is 5.88 Å². The van der Waals surface area contributed by atoms with E-state index < -0.39 is 6.04 Å². The summed E-state index contributed by atoms with van der Waals surface area (Å²) in [6.45, 7) is 4.41. The van der Waals surface area contributed by atoms with Crippen molar-refractivity contribution in [3.05, 3.63) is 35.6 Å². The summed E-state index contributed by atoms with van der Waals surface area (Å²) in [5.41, 5.74) is 0.630. The number of hydrogen-bond donors (Lipinski definition) is 1. The number of carbonyl (C=O) groups excluding carboxylic acids is 2. The second-order valence-corrected chi connectivity index (χ2v) is 8.98. The van der Waals surface area contributed by atoms with Crippen molar-refractivity contribution in [2.24, 2.45) is 11.8 Å². The maximum atomic E-state index is 13.5. The number of hydrogen-bond acceptors (Lipinski definition) is 2. The number of alkyl halides is 1. The Labute approximate surface area is 178 Å². The number of rotatable bonds is 6. The maximum absolute atomic E-state index is 13.5. The molecule has 0 aromatic heterocycles. The predicted octanol–water partition coefficient (Wildman–Crippen LogP) is 4.82. The summed E-state index contributed by atoms with van der Waals surface area (Å²) in [4.78, 5) is 28.0.